The van der Waals surface area contributed by atoms with Crippen LogP contribution >= 0.6 is 0 Å². The van der Waals surface area contributed by atoms with Gasteiger partial charge in [0.2, 0.25) is 0 Å². The Hall–Kier alpha value is -0.870. The zero-order valence-corrected chi connectivity index (χ0v) is 12.6. The summed E-state index contributed by atoms with van der Waals surface area (Å²) in [5.41, 5.74) is 2.45. The molecule has 1 aliphatic rings. The monoisotopic (exact) mass is 265 g/mol. The van der Waals surface area contributed by atoms with Crippen molar-refractivity contribution in [2.75, 3.05) is 13.2 Å². The lowest BCUT2D eigenvalue weighted by molar-refractivity contribution is 0.0953. The fourth-order valence-corrected chi connectivity index (χ4v) is 3.18. The molecule has 1 aliphatic heterocycles. The molecule has 4 heteroatoms. The Bertz CT molecular complexity index is 402. The Labute approximate surface area is 116 Å². The standard InChI is InChI=1S/C15H27N3O/c1-5-16-15(14-7-8-19-12(14)4)10-13-9-11(3)17-18(13)6-2/h9,12,14-16H,5-8,10H2,1-4H3. The summed E-state index contributed by atoms with van der Waals surface area (Å²) in [6.07, 6.45) is 2.57. The Balaban J connectivity index is 2.11. The molecule has 0 amide bonds. The number of aromatic nitrogens is 2. The number of hydrogen-bond acceptors (Lipinski definition) is 3. The van der Waals surface area contributed by atoms with Crippen LogP contribution in [0.2, 0.25) is 0 Å². The number of nitrogens with one attached hydrogen (secondary N) is 1. The highest BCUT2D eigenvalue weighted by molar-refractivity contribution is 5.11. The van der Waals surface area contributed by atoms with Crippen LogP contribution in [0, 0.1) is 12.8 Å². The van der Waals surface area contributed by atoms with Gasteiger partial charge in [-0.1, -0.05) is 6.92 Å². The molecular formula is C15H27N3O. The molecule has 0 aromatic carbocycles. The number of aryl methyl sites for hydroxylation is 2. The van der Waals surface area contributed by atoms with Gasteiger partial charge in [-0.15, -0.1) is 0 Å². The molecule has 0 spiro atoms. The third-order valence-electron chi connectivity index (χ3n) is 4.13. The van der Waals surface area contributed by atoms with Gasteiger partial charge in [-0.25, -0.2) is 0 Å². The molecule has 4 nitrogen and oxygen atoms in total. The molecule has 1 aromatic heterocycles. The maximum absolute atomic E-state index is 5.73. The molecule has 1 fully saturated rings. The molecule has 2 rings (SSSR count). The smallest absolute Gasteiger partial charge is 0.0596 e. The molecule has 3 atom stereocenters. The highest BCUT2D eigenvalue weighted by Crippen LogP contribution is 2.26. The van der Waals surface area contributed by atoms with Gasteiger partial charge in [0.05, 0.1) is 11.8 Å². The normalized spacial score (nSPS) is 24.8. The largest absolute Gasteiger partial charge is 0.378 e. The summed E-state index contributed by atoms with van der Waals surface area (Å²) < 4.78 is 7.85. The third-order valence-corrected chi connectivity index (χ3v) is 4.13. The summed E-state index contributed by atoms with van der Waals surface area (Å²) in [6, 6.07) is 2.71. The van der Waals surface area contributed by atoms with E-state index in [-0.39, 0.29) is 0 Å². The van der Waals surface area contributed by atoms with Crippen molar-refractivity contribution in [1.82, 2.24) is 15.1 Å². The second-order valence-electron chi connectivity index (χ2n) is 5.49. The first-order valence-electron chi connectivity index (χ1n) is 7.54. The minimum Gasteiger partial charge on any atom is -0.378 e. The van der Waals surface area contributed by atoms with E-state index in [1.165, 1.54) is 5.69 Å². The molecule has 0 bridgehead atoms. The van der Waals surface area contributed by atoms with E-state index < -0.39 is 0 Å². The van der Waals surface area contributed by atoms with E-state index in [1.807, 2.05) is 0 Å². The zero-order chi connectivity index (χ0) is 13.8. The van der Waals surface area contributed by atoms with Crippen LogP contribution in [-0.4, -0.2) is 35.1 Å². The van der Waals surface area contributed by atoms with Gasteiger partial charge >= 0.3 is 0 Å². The van der Waals surface area contributed by atoms with Crippen LogP contribution in [0.4, 0.5) is 0 Å². The molecule has 3 unspecified atom stereocenters. The molecule has 0 saturated carbocycles. The Morgan fingerprint density at radius 1 is 1.53 bits per heavy atom. The predicted octanol–water partition coefficient (Wildman–Crippen LogP) is 2.16. The van der Waals surface area contributed by atoms with Crippen molar-refractivity contribution in [3.63, 3.8) is 0 Å². The fourth-order valence-electron chi connectivity index (χ4n) is 3.18. The molecule has 19 heavy (non-hydrogen) atoms. The van der Waals surface area contributed by atoms with Crippen molar-refractivity contribution in [1.29, 1.82) is 0 Å². The van der Waals surface area contributed by atoms with E-state index in [2.05, 4.69) is 48.9 Å². The lowest BCUT2D eigenvalue weighted by atomic mass is 9.90. The average Bonchev–Trinajstić information content (AvgIpc) is 2.94. The van der Waals surface area contributed by atoms with Crippen molar-refractivity contribution in [3.8, 4) is 0 Å². The van der Waals surface area contributed by atoms with Crippen LogP contribution in [0.3, 0.4) is 0 Å². The lowest BCUT2D eigenvalue weighted by Crippen LogP contribution is -2.41. The quantitative estimate of drug-likeness (QED) is 0.856. The summed E-state index contributed by atoms with van der Waals surface area (Å²) in [4.78, 5) is 0. The van der Waals surface area contributed by atoms with E-state index in [1.54, 1.807) is 0 Å². The SMILES string of the molecule is CCNC(Cc1cc(C)nn1CC)C1CCOC1C. The van der Waals surface area contributed by atoms with Crippen molar-refractivity contribution < 1.29 is 4.74 Å². The highest BCUT2D eigenvalue weighted by atomic mass is 16.5. The molecular weight excluding hydrogens is 238 g/mol. The molecule has 1 N–H and O–H groups in total. The minimum absolute atomic E-state index is 0.364. The molecule has 1 aromatic rings. The van der Waals surface area contributed by atoms with Crippen LogP contribution in [0.15, 0.2) is 6.07 Å². The topological polar surface area (TPSA) is 39.1 Å². The lowest BCUT2D eigenvalue weighted by Gasteiger charge is -2.26. The van der Waals surface area contributed by atoms with E-state index in [9.17, 15) is 0 Å². The summed E-state index contributed by atoms with van der Waals surface area (Å²) >= 11 is 0. The van der Waals surface area contributed by atoms with E-state index in [4.69, 9.17) is 4.74 Å². The number of rotatable bonds is 6. The third kappa shape index (κ3) is 3.37. The first kappa shape index (κ1) is 14.5. The number of ether oxygens (including phenoxy) is 1. The van der Waals surface area contributed by atoms with Gasteiger partial charge in [-0.2, -0.15) is 5.10 Å². The van der Waals surface area contributed by atoms with E-state index in [0.29, 0.717) is 18.1 Å². The molecule has 0 radical (unpaired) electrons. The van der Waals surface area contributed by atoms with Gasteiger partial charge in [0, 0.05) is 37.2 Å². The van der Waals surface area contributed by atoms with Gasteiger partial charge in [0.1, 0.15) is 0 Å². The first-order chi connectivity index (χ1) is 9.15. The van der Waals surface area contributed by atoms with E-state index in [0.717, 1.165) is 38.2 Å². The Morgan fingerprint density at radius 2 is 2.32 bits per heavy atom. The average molecular weight is 265 g/mol. The second kappa shape index (κ2) is 6.53. The minimum atomic E-state index is 0.364. The van der Waals surface area contributed by atoms with Crippen molar-refractivity contribution in [2.45, 2.75) is 59.2 Å². The molecule has 2 heterocycles. The maximum atomic E-state index is 5.73. The van der Waals surface area contributed by atoms with Gasteiger partial charge in [-0.05, 0) is 39.8 Å². The predicted molar refractivity (Wildman–Crippen MR) is 77.3 cm³/mol. The van der Waals surface area contributed by atoms with Crippen molar-refractivity contribution in [2.24, 2.45) is 5.92 Å². The second-order valence-corrected chi connectivity index (χ2v) is 5.49. The summed E-state index contributed by atoms with van der Waals surface area (Å²) in [7, 11) is 0. The molecule has 0 aliphatic carbocycles. The van der Waals surface area contributed by atoms with Crippen LogP contribution < -0.4 is 5.32 Å². The van der Waals surface area contributed by atoms with Crippen molar-refractivity contribution in [3.05, 3.63) is 17.5 Å². The van der Waals surface area contributed by atoms with Crippen molar-refractivity contribution >= 4 is 0 Å². The van der Waals surface area contributed by atoms with E-state index >= 15 is 0 Å². The fraction of sp³-hybridized carbons (Fsp3) is 0.800. The molecule has 108 valence electrons. The van der Waals surface area contributed by atoms with Crippen LogP contribution in [-0.2, 0) is 17.7 Å². The van der Waals surface area contributed by atoms with Gasteiger partial charge < -0.3 is 10.1 Å². The highest BCUT2D eigenvalue weighted by Gasteiger charge is 2.32. The maximum Gasteiger partial charge on any atom is 0.0596 e. The van der Waals surface area contributed by atoms with Crippen LogP contribution in [0.1, 0.15) is 38.6 Å². The molecule has 1 saturated heterocycles. The number of likely N-dealkylation sites (N-methyl/N-ethyl adjacent to an activating group) is 1. The summed E-state index contributed by atoms with van der Waals surface area (Å²) in [6.45, 7) is 11.4. The van der Waals surface area contributed by atoms with Crippen LogP contribution in [0.5, 0.6) is 0 Å². The van der Waals surface area contributed by atoms with Gasteiger partial charge in [-0.3, -0.25) is 4.68 Å². The summed E-state index contributed by atoms with van der Waals surface area (Å²) in [5, 5.41) is 8.19. The first-order valence-corrected chi connectivity index (χ1v) is 7.54. The Morgan fingerprint density at radius 3 is 2.89 bits per heavy atom. The van der Waals surface area contributed by atoms with Gasteiger partial charge in [0.25, 0.3) is 0 Å². The zero-order valence-electron chi connectivity index (χ0n) is 12.6. The Kier molecular flexibility index (Phi) is 4.99. The van der Waals surface area contributed by atoms with Gasteiger partial charge in [0.15, 0.2) is 0 Å². The summed E-state index contributed by atoms with van der Waals surface area (Å²) in [5.74, 6) is 0.612. The number of nitrogens with zero attached hydrogens (tertiary/aromatic N) is 2. The number of hydrogen-bond donors (Lipinski definition) is 1. The van der Waals surface area contributed by atoms with Crippen LogP contribution in [0.25, 0.3) is 0 Å².